The summed E-state index contributed by atoms with van der Waals surface area (Å²) in [5.74, 6) is -0.354. The highest BCUT2D eigenvalue weighted by Crippen LogP contribution is 2.39. The van der Waals surface area contributed by atoms with Crippen LogP contribution in [0.25, 0.3) is 0 Å². The molecule has 0 spiro atoms. The van der Waals surface area contributed by atoms with E-state index in [2.05, 4.69) is 12.1 Å². The molecule has 1 amide bonds. The van der Waals surface area contributed by atoms with Gasteiger partial charge in [0.25, 0.3) is 0 Å². The minimum atomic E-state index is -0.465. The Labute approximate surface area is 176 Å². The molecule has 0 bridgehead atoms. The summed E-state index contributed by atoms with van der Waals surface area (Å²) in [5.41, 5.74) is 3.82. The average molecular weight is 403 g/mol. The van der Waals surface area contributed by atoms with Gasteiger partial charge in [-0.3, -0.25) is 4.79 Å². The number of aromatic hydroxyl groups is 1. The summed E-state index contributed by atoms with van der Waals surface area (Å²) in [6.45, 7) is 0.565. The number of rotatable bonds is 6. The molecule has 1 aliphatic rings. The van der Waals surface area contributed by atoms with Gasteiger partial charge in [0.2, 0.25) is 5.91 Å². The lowest BCUT2D eigenvalue weighted by Gasteiger charge is -2.38. The molecule has 3 aromatic carbocycles. The van der Waals surface area contributed by atoms with Crippen molar-refractivity contribution in [2.75, 3.05) is 6.54 Å². The third-order valence-corrected chi connectivity index (χ3v) is 5.84. The summed E-state index contributed by atoms with van der Waals surface area (Å²) in [6.07, 6.45) is 3.90. The number of phenolic OH excluding ortho intramolecular Hbond substituents is 1. The van der Waals surface area contributed by atoms with Crippen LogP contribution >= 0.6 is 0 Å². The van der Waals surface area contributed by atoms with Gasteiger partial charge in [-0.25, -0.2) is 4.39 Å². The number of aryl methyl sites for hydroxylation is 1. The van der Waals surface area contributed by atoms with Crippen LogP contribution in [0.5, 0.6) is 5.75 Å². The first-order chi connectivity index (χ1) is 14.6. The van der Waals surface area contributed by atoms with Gasteiger partial charge in [0.05, 0.1) is 6.04 Å². The van der Waals surface area contributed by atoms with Crippen LogP contribution in [0.3, 0.4) is 0 Å². The summed E-state index contributed by atoms with van der Waals surface area (Å²) in [5, 5.41) is 10.4. The molecule has 4 rings (SSSR count). The van der Waals surface area contributed by atoms with E-state index < -0.39 is 11.9 Å². The van der Waals surface area contributed by atoms with E-state index in [0.29, 0.717) is 18.5 Å². The van der Waals surface area contributed by atoms with Gasteiger partial charge in [0.15, 0.2) is 0 Å². The largest absolute Gasteiger partial charge is 0.508 e. The highest BCUT2D eigenvalue weighted by molar-refractivity contribution is 5.78. The number of carbonyl (C=O) groups is 1. The molecule has 1 unspecified atom stereocenters. The van der Waals surface area contributed by atoms with E-state index >= 15 is 0 Å². The fourth-order valence-electron chi connectivity index (χ4n) is 4.31. The van der Waals surface area contributed by atoms with Crippen LogP contribution < -0.4 is 0 Å². The van der Waals surface area contributed by atoms with Gasteiger partial charge in [0.1, 0.15) is 11.6 Å². The third kappa shape index (κ3) is 4.38. The summed E-state index contributed by atoms with van der Waals surface area (Å²) in [7, 11) is 0. The number of fused-ring (bicyclic) bond motifs is 1. The molecule has 3 aromatic rings. The average Bonchev–Trinajstić information content (AvgIpc) is 2.78. The van der Waals surface area contributed by atoms with E-state index in [1.165, 1.54) is 23.8 Å². The van der Waals surface area contributed by atoms with Gasteiger partial charge in [-0.1, -0.05) is 54.6 Å². The molecular formula is C26H26FNO2. The number of hydrogen-bond acceptors (Lipinski definition) is 2. The maximum absolute atomic E-state index is 14.0. The molecule has 0 aliphatic carbocycles. The summed E-state index contributed by atoms with van der Waals surface area (Å²) in [6, 6.07) is 21.7. The fourth-order valence-corrected chi connectivity index (χ4v) is 4.31. The lowest BCUT2D eigenvalue weighted by molar-refractivity contribution is -0.133. The van der Waals surface area contributed by atoms with E-state index in [1.807, 2.05) is 42.5 Å². The van der Waals surface area contributed by atoms with E-state index in [1.54, 1.807) is 4.90 Å². The highest BCUT2D eigenvalue weighted by Gasteiger charge is 2.33. The number of benzene rings is 3. The predicted molar refractivity (Wildman–Crippen MR) is 116 cm³/mol. The minimum Gasteiger partial charge on any atom is -0.508 e. The molecule has 0 saturated carbocycles. The van der Waals surface area contributed by atoms with Gasteiger partial charge < -0.3 is 10.0 Å². The maximum atomic E-state index is 14.0. The molecule has 30 heavy (non-hydrogen) atoms. The lowest BCUT2D eigenvalue weighted by Crippen LogP contribution is -2.40. The second-order valence-electron chi connectivity index (χ2n) is 7.83. The Morgan fingerprint density at radius 1 is 0.967 bits per heavy atom. The lowest BCUT2D eigenvalue weighted by atomic mass is 9.87. The molecule has 0 aromatic heterocycles. The van der Waals surface area contributed by atoms with Gasteiger partial charge in [-0.2, -0.15) is 0 Å². The molecule has 0 fully saturated rings. The molecule has 1 atom stereocenters. The van der Waals surface area contributed by atoms with Crippen molar-refractivity contribution in [3.63, 3.8) is 0 Å². The predicted octanol–water partition coefficient (Wildman–Crippen LogP) is 5.42. The van der Waals surface area contributed by atoms with Crippen molar-refractivity contribution >= 4 is 5.91 Å². The molecule has 0 radical (unpaired) electrons. The zero-order valence-electron chi connectivity index (χ0n) is 16.9. The van der Waals surface area contributed by atoms with Crippen molar-refractivity contribution < 1.29 is 14.3 Å². The zero-order valence-corrected chi connectivity index (χ0v) is 16.9. The number of unbranched alkanes of at least 4 members (excludes halogenated alkanes) is 1. The minimum absolute atomic E-state index is 0.0139. The molecule has 4 heteroatoms. The van der Waals surface area contributed by atoms with Gasteiger partial charge in [-0.15, -0.1) is 0 Å². The van der Waals surface area contributed by atoms with Crippen LogP contribution in [-0.2, 0) is 17.6 Å². The Kier molecular flexibility index (Phi) is 6.12. The van der Waals surface area contributed by atoms with E-state index in [4.69, 9.17) is 0 Å². The molecule has 3 nitrogen and oxygen atoms in total. The van der Waals surface area contributed by atoms with Crippen molar-refractivity contribution in [3.8, 4) is 5.75 Å². The van der Waals surface area contributed by atoms with Crippen LogP contribution in [0.15, 0.2) is 72.8 Å². The van der Waals surface area contributed by atoms with Gasteiger partial charge in [-0.05, 0) is 60.6 Å². The Bertz CT molecular complexity index is 1020. The molecule has 154 valence electrons. The monoisotopic (exact) mass is 403 g/mol. The third-order valence-electron chi connectivity index (χ3n) is 5.84. The van der Waals surface area contributed by atoms with Crippen LogP contribution in [0, 0.1) is 5.82 Å². The smallest absolute Gasteiger partial charge is 0.223 e. The van der Waals surface area contributed by atoms with Crippen LogP contribution in [-0.4, -0.2) is 22.5 Å². The molecular weight excluding hydrogens is 377 g/mol. The van der Waals surface area contributed by atoms with Crippen molar-refractivity contribution in [2.45, 2.75) is 38.1 Å². The number of carbonyl (C=O) groups excluding carboxylic acids is 1. The number of halogens is 1. The van der Waals surface area contributed by atoms with E-state index in [-0.39, 0.29) is 11.7 Å². The zero-order chi connectivity index (χ0) is 20.9. The van der Waals surface area contributed by atoms with Crippen molar-refractivity contribution in [1.82, 2.24) is 4.90 Å². The molecule has 1 N–H and O–H groups in total. The maximum Gasteiger partial charge on any atom is 0.223 e. The standard InChI is InChI=1S/C26H26FNO2/c27-21-14-15-24(29)23(18-21)26-22-12-6-5-11-20(22)16-17-28(26)25(30)13-7-4-10-19-8-2-1-3-9-19/h1-3,5-6,8-9,11-12,14-15,18,26,29H,4,7,10,13,16-17H2. The van der Waals surface area contributed by atoms with Crippen LogP contribution in [0.2, 0.25) is 0 Å². The fraction of sp³-hybridized carbons (Fsp3) is 0.269. The SMILES string of the molecule is O=C(CCCCc1ccccc1)N1CCc2ccccc2C1c1cc(F)ccc1O. The Morgan fingerprint density at radius 2 is 1.73 bits per heavy atom. The van der Waals surface area contributed by atoms with Gasteiger partial charge >= 0.3 is 0 Å². The normalized spacial score (nSPS) is 15.6. The summed E-state index contributed by atoms with van der Waals surface area (Å²) >= 11 is 0. The van der Waals surface area contributed by atoms with Crippen molar-refractivity contribution in [1.29, 1.82) is 0 Å². The summed E-state index contributed by atoms with van der Waals surface area (Å²) < 4.78 is 14.0. The van der Waals surface area contributed by atoms with E-state index in [0.717, 1.165) is 36.8 Å². The molecule has 1 heterocycles. The Morgan fingerprint density at radius 3 is 2.57 bits per heavy atom. The summed E-state index contributed by atoms with van der Waals surface area (Å²) in [4.78, 5) is 15.0. The van der Waals surface area contributed by atoms with Crippen LogP contribution in [0.1, 0.15) is 47.6 Å². The topological polar surface area (TPSA) is 40.5 Å². The molecule has 1 aliphatic heterocycles. The second-order valence-corrected chi connectivity index (χ2v) is 7.83. The number of hydrogen-bond donors (Lipinski definition) is 1. The number of phenols is 1. The quantitative estimate of drug-likeness (QED) is 0.559. The molecule has 0 saturated heterocycles. The van der Waals surface area contributed by atoms with Crippen molar-refractivity contribution in [2.24, 2.45) is 0 Å². The second kappa shape index (κ2) is 9.12. The number of amides is 1. The Balaban J connectivity index is 1.52. The first-order valence-electron chi connectivity index (χ1n) is 10.5. The number of nitrogens with zero attached hydrogens (tertiary/aromatic N) is 1. The van der Waals surface area contributed by atoms with Crippen molar-refractivity contribution in [3.05, 3.63) is 101 Å². The Hall–Kier alpha value is -3.14. The highest BCUT2D eigenvalue weighted by atomic mass is 19.1. The van der Waals surface area contributed by atoms with Crippen LogP contribution in [0.4, 0.5) is 4.39 Å². The van der Waals surface area contributed by atoms with E-state index in [9.17, 15) is 14.3 Å². The first-order valence-corrected chi connectivity index (χ1v) is 10.5. The first kappa shape index (κ1) is 20.1. The van der Waals surface area contributed by atoms with Gasteiger partial charge in [0, 0.05) is 18.5 Å².